The van der Waals surface area contributed by atoms with Gasteiger partial charge in [0.15, 0.2) is 5.79 Å². The van der Waals surface area contributed by atoms with E-state index in [1.165, 1.54) is 6.33 Å². The number of hydrogen-bond donors (Lipinski definition) is 0. The maximum absolute atomic E-state index is 6.25. The molecule has 0 bridgehead atoms. The molecule has 4 rings (SSSR count). The van der Waals surface area contributed by atoms with E-state index in [9.17, 15) is 0 Å². The SMILES string of the molecule is C=C[C@@]1(C)C[C@@H](N2CCc3c(Cl)ncnc32)[C@@H]2OC(C)(C)O[C@@H]21. The Kier molecular flexibility index (Phi) is 3.28. The highest BCUT2D eigenvalue weighted by molar-refractivity contribution is 6.30. The van der Waals surface area contributed by atoms with Crippen LogP contribution in [0.15, 0.2) is 19.0 Å². The maximum atomic E-state index is 6.25. The van der Waals surface area contributed by atoms with Crippen LogP contribution < -0.4 is 4.90 Å². The lowest BCUT2D eigenvalue weighted by Crippen LogP contribution is -2.43. The summed E-state index contributed by atoms with van der Waals surface area (Å²) in [5.41, 5.74) is 0.930. The molecule has 0 amide bonds. The van der Waals surface area contributed by atoms with E-state index < -0.39 is 5.79 Å². The molecule has 0 unspecified atom stereocenters. The summed E-state index contributed by atoms with van der Waals surface area (Å²) in [7, 11) is 0. The van der Waals surface area contributed by atoms with E-state index in [2.05, 4.69) is 28.4 Å². The third kappa shape index (κ3) is 2.21. The molecule has 1 saturated heterocycles. The number of halogens is 1. The van der Waals surface area contributed by atoms with Gasteiger partial charge in [-0.1, -0.05) is 24.6 Å². The fourth-order valence-corrected chi connectivity index (χ4v) is 4.48. The molecular formula is C17H22ClN3O2. The van der Waals surface area contributed by atoms with E-state index in [0.29, 0.717) is 5.15 Å². The number of nitrogens with zero attached hydrogens (tertiary/aromatic N) is 3. The Balaban J connectivity index is 1.71. The van der Waals surface area contributed by atoms with E-state index in [1.54, 1.807) is 0 Å². The van der Waals surface area contributed by atoms with E-state index >= 15 is 0 Å². The van der Waals surface area contributed by atoms with Gasteiger partial charge >= 0.3 is 0 Å². The summed E-state index contributed by atoms with van der Waals surface area (Å²) in [5.74, 6) is 0.375. The predicted molar refractivity (Wildman–Crippen MR) is 88.6 cm³/mol. The lowest BCUT2D eigenvalue weighted by molar-refractivity contribution is -0.161. The summed E-state index contributed by atoms with van der Waals surface area (Å²) in [4.78, 5) is 10.9. The molecule has 6 heteroatoms. The number of aromatic nitrogens is 2. The average molecular weight is 336 g/mol. The minimum Gasteiger partial charge on any atom is -0.350 e. The van der Waals surface area contributed by atoms with Crippen molar-refractivity contribution in [3.63, 3.8) is 0 Å². The maximum Gasteiger partial charge on any atom is 0.163 e. The zero-order chi connectivity index (χ0) is 16.4. The van der Waals surface area contributed by atoms with Crippen LogP contribution in [0.4, 0.5) is 5.82 Å². The standard InChI is InChI=1S/C17H22ClN3O2/c1-5-17(4)8-11(12-13(17)23-16(2,3)22-12)21-7-6-10-14(18)19-9-20-15(10)21/h5,9,11-13H,1,6-8H2,2-4H3/t11-,12+,13+,17+/m1/s1. The minimum absolute atomic E-state index is 0.00712. The Morgan fingerprint density at radius 1 is 1.35 bits per heavy atom. The predicted octanol–water partition coefficient (Wildman–Crippen LogP) is 2.98. The van der Waals surface area contributed by atoms with E-state index in [-0.39, 0.29) is 23.7 Å². The van der Waals surface area contributed by atoms with Gasteiger partial charge in [-0.15, -0.1) is 6.58 Å². The smallest absolute Gasteiger partial charge is 0.163 e. The third-order valence-electron chi connectivity index (χ3n) is 5.42. The molecule has 2 aliphatic heterocycles. The van der Waals surface area contributed by atoms with Crippen LogP contribution in [0, 0.1) is 5.41 Å². The molecule has 1 aliphatic carbocycles. The highest BCUT2D eigenvalue weighted by Crippen LogP contribution is 2.52. The fourth-order valence-electron chi connectivity index (χ4n) is 4.26. The molecular weight excluding hydrogens is 314 g/mol. The highest BCUT2D eigenvalue weighted by atomic mass is 35.5. The second-order valence-electron chi connectivity index (χ2n) is 7.41. The monoisotopic (exact) mass is 335 g/mol. The molecule has 2 fully saturated rings. The van der Waals surface area contributed by atoms with Crippen LogP contribution in [0.5, 0.6) is 0 Å². The van der Waals surface area contributed by atoms with Crippen molar-refractivity contribution in [1.29, 1.82) is 0 Å². The van der Waals surface area contributed by atoms with Crippen molar-refractivity contribution < 1.29 is 9.47 Å². The third-order valence-corrected chi connectivity index (χ3v) is 5.74. The van der Waals surface area contributed by atoms with Crippen molar-refractivity contribution in [1.82, 2.24) is 9.97 Å². The Morgan fingerprint density at radius 2 is 2.13 bits per heavy atom. The lowest BCUT2D eigenvalue weighted by atomic mass is 9.86. The molecule has 124 valence electrons. The first-order valence-corrected chi connectivity index (χ1v) is 8.48. The van der Waals surface area contributed by atoms with Gasteiger partial charge in [0.05, 0.1) is 12.1 Å². The first kappa shape index (κ1) is 15.4. The molecule has 1 saturated carbocycles. The zero-order valence-corrected chi connectivity index (χ0v) is 14.5. The molecule has 0 N–H and O–H groups in total. The number of hydrogen-bond acceptors (Lipinski definition) is 5. The summed E-state index contributed by atoms with van der Waals surface area (Å²) >= 11 is 6.23. The second kappa shape index (κ2) is 4.91. The quantitative estimate of drug-likeness (QED) is 0.614. The van der Waals surface area contributed by atoms with Crippen LogP contribution in [0.3, 0.4) is 0 Å². The van der Waals surface area contributed by atoms with Gasteiger partial charge in [0.1, 0.15) is 23.4 Å². The number of fused-ring (bicyclic) bond motifs is 2. The molecule has 0 spiro atoms. The molecule has 1 aromatic rings. The molecule has 3 aliphatic rings. The molecule has 1 aromatic heterocycles. The van der Waals surface area contributed by atoms with Crippen molar-refractivity contribution in [2.75, 3.05) is 11.4 Å². The summed E-state index contributed by atoms with van der Waals surface area (Å²) in [6.07, 6.45) is 5.38. The largest absolute Gasteiger partial charge is 0.350 e. The van der Waals surface area contributed by atoms with Gasteiger partial charge in [-0.3, -0.25) is 0 Å². The number of ether oxygens (including phenoxy) is 2. The van der Waals surface area contributed by atoms with Crippen LogP contribution >= 0.6 is 11.6 Å². The first-order valence-electron chi connectivity index (χ1n) is 8.10. The van der Waals surface area contributed by atoms with Crippen LogP contribution in [0.2, 0.25) is 5.15 Å². The second-order valence-corrected chi connectivity index (χ2v) is 7.77. The van der Waals surface area contributed by atoms with Gasteiger partial charge < -0.3 is 14.4 Å². The molecule has 0 aromatic carbocycles. The minimum atomic E-state index is -0.565. The number of rotatable bonds is 2. The normalized spacial score (nSPS) is 37.7. The molecule has 3 heterocycles. The van der Waals surface area contributed by atoms with Crippen LogP contribution in [0.1, 0.15) is 32.8 Å². The van der Waals surface area contributed by atoms with Gasteiger partial charge in [0, 0.05) is 17.5 Å². The summed E-state index contributed by atoms with van der Waals surface area (Å²) in [6, 6.07) is 0.206. The summed E-state index contributed by atoms with van der Waals surface area (Å²) < 4.78 is 12.5. The van der Waals surface area contributed by atoms with E-state index in [4.69, 9.17) is 21.1 Å². The van der Waals surface area contributed by atoms with E-state index in [1.807, 2.05) is 19.9 Å². The van der Waals surface area contributed by atoms with Crippen molar-refractivity contribution in [2.24, 2.45) is 5.41 Å². The summed E-state index contributed by atoms with van der Waals surface area (Å²) in [6.45, 7) is 11.1. The lowest BCUT2D eigenvalue weighted by Gasteiger charge is -2.32. The molecule has 0 radical (unpaired) electrons. The van der Waals surface area contributed by atoms with Crippen LogP contribution in [0.25, 0.3) is 0 Å². The fraction of sp³-hybridized carbons (Fsp3) is 0.647. The topological polar surface area (TPSA) is 47.5 Å². The van der Waals surface area contributed by atoms with Crippen molar-refractivity contribution in [2.45, 2.75) is 57.6 Å². The van der Waals surface area contributed by atoms with Gasteiger partial charge in [0.2, 0.25) is 0 Å². The number of anilines is 1. The van der Waals surface area contributed by atoms with Gasteiger partial charge in [-0.25, -0.2) is 9.97 Å². The van der Waals surface area contributed by atoms with E-state index in [0.717, 1.165) is 30.8 Å². The van der Waals surface area contributed by atoms with Gasteiger partial charge in [-0.2, -0.15) is 0 Å². The van der Waals surface area contributed by atoms with Crippen molar-refractivity contribution in [3.8, 4) is 0 Å². The van der Waals surface area contributed by atoms with Crippen molar-refractivity contribution in [3.05, 3.63) is 29.7 Å². The highest BCUT2D eigenvalue weighted by Gasteiger charge is 2.60. The Morgan fingerprint density at radius 3 is 2.87 bits per heavy atom. The molecule has 4 atom stereocenters. The summed E-state index contributed by atoms with van der Waals surface area (Å²) in [5, 5.41) is 0.558. The first-order chi connectivity index (χ1) is 10.8. The van der Waals surface area contributed by atoms with Crippen LogP contribution in [-0.2, 0) is 15.9 Å². The van der Waals surface area contributed by atoms with Gasteiger partial charge in [-0.05, 0) is 26.7 Å². The Hall–Kier alpha value is -1.17. The van der Waals surface area contributed by atoms with Gasteiger partial charge in [0.25, 0.3) is 0 Å². The van der Waals surface area contributed by atoms with Crippen LogP contribution in [-0.4, -0.2) is 40.5 Å². The average Bonchev–Trinajstić information content (AvgIpc) is 3.12. The molecule has 23 heavy (non-hydrogen) atoms. The van der Waals surface area contributed by atoms with Crippen molar-refractivity contribution >= 4 is 17.4 Å². The Labute approximate surface area is 141 Å². The molecule has 5 nitrogen and oxygen atoms in total. The zero-order valence-electron chi connectivity index (χ0n) is 13.8. The Bertz CT molecular complexity index is 665.